The van der Waals surface area contributed by atoms with Crippen molar-refractivity contribution in [2.24, 2.45) is 0 Å². The molecule has 1 spiro atoms. The van der Waals surface area contributed by atoms with Crippen LogP contribution in [-0.4, -0.2) is 36.1 Å². The fourth-order valence-electron chi connectivity index (χ4n) is 4.48. The van der Waals surface area contributed by atoms with Gasteiger partial charge in [-0.2, -0.15) is 0 Å². The lowest BCUT2D eigenvalue weighted by Crippen LogP contribution is -2.51. The fourth-order valence-corrected chi connectivity index (χ4v) is 4.48. The van der Waals surface area contributed by atoms with Gasteiger partial charge in [-0.1, -0.05) is 38.5 Å². The molecule has 18 heavy (non-hydrogen) atoms. The first-order valence-electron chi connectivity index (χ1n) is 8.37. The Labute approximate surface area is 113 Å². The molecule has 3 fully saturated rings. The summed E-state index contributed by atoms with van der Waals surface area (Å²) < 4.78 is 0. The van der Waals surface area contributed by atoms with Crippen LogP contribution in [0.5, 0.6) is 0 Å². The van der Waals surface area contributed by atoms with Gasteiger partial charge >= 0.3 is 0 Å². The van der Waals surface area contributed by atoms with Gasteiger partial charge < -0.3 is 5.32 Å². The van der Waals surface area contributed by atoms with Gasteiger partial charge in [-0.25, -0.2) is 0 Å². The normalized spacial score (nSPS) is 31.3. The molecule has 3 rings (SSSR count). The van der Waals surface area contributed by atoms with Crippen molar-refractivity contribution < 1.29 is 0 Å². The van der Waals surface area contributed by atoms with Gasteiger partial charge in [0.05, 0.1) is 0 Å². The Morgan fingerprint density at radius 2 is 1.56 bits per heavy atom. The van der Waals surface area contributed by atoms with Crippen LogP contribution < -0.4 is 5.32 Å². The van der Waals surface area contributed by atoms with Crippen LogP contribution in [0.3, 0.4) is 0 Å². The third-order valence-electron chi connectivity index (χ3n) is 5.53. The molecular weight excluding hydrogens is 220 g/mol. The molecule has 104 valence electrons. The van der Waals surface area contributed by atoms with Crippen molar-refractivity contribution in [3.8, 4) is 0 Å². The zero-order chi connectivity index (χ0) is 12.3. The van der Waals surface area contributed by atoms with E-state index in [1.165, 1.54) is 90.3 Å². The third kappa shape index (κ3) is 2.91. The maximum atomic E-state index is 3.90. The monoisotopic (exact) mass is 250 g/mol. The fraction of sp³-hybridized carbons (Fsp3) is 1.00. The molecule has 0 aromatic heterocycles. The smallest absolute Gasteiger partial charge is 0.0308 e. The minimum atomic E-state index is 0.503. The summed E-state index contributed by atoms with van der Waals surface area (Å²) in [5, 5.41) is 3.90. The van der Waals surface area contributed by atoms with Gasteiger partial charge in [-0.3, -0.25) is 4.90 Å². The molecule has 0 unspecified atom stereocenters. The lowest BCUT2D eigenvalue weighted by Gasteiger charge is -2.37. The Kier molecular flexibility index (Phi) is 4.25. The van der Waals surface area contributed by atoms with E-state index < -0.39 is 0 Å². The Hall–Kier alpha value is -0.0800. The van der Waals surface area contributed by atoms with Crippen LogP contribution in [0.4, 0.5) is 0 Å². The van der Waals surface area contributed by atoms with Crippen molar-refractivity contribution in [1.29, 1.82) is 0 Å². The second-order valence-corrected chi connectivity index (χ2v) is 6.88. The molecule has 0 atom stereocenters. The van der Waals surface area contributed by atoms with Crippen LogP contribution in [0, 0.1) is 0 Å². The molecule has 1 aliphatic heterocycles. The van der Waals surface area contributed by atoms with E-state index in [-0.39, 0.29) is 0 Å². The van der Waals surface area contributed by atoms with E-state index in [0.717, 1.165) is 6.04 Å². The van der Waals surface area contributed by atoms with E-state index in [2.05, 4.69) is 10.2 Å². The van der Waals surface area contributed by atoms with Gasteiger partial charge in [0.2, 0.25) is 0 Å². The number of hydrogen-bond acceptors (Lipinski definition) is 2. The van der Waals surface area contributed by atoms with Crippen molar-refractivity contribution in [2.45, 2.75) is 82.2 Å². The minimum Gasteiger partial charge on any atom is -0.310 e. The molecule has 1 N–H and O–H groups in total. The molecule has 1 heterocycles. The first-order valence-corrected chi connectivity index (χ1v) is 8.37. The Bertz CT molecular complexity index is 250. The SMILES string of the molecule is C1CCCC(N2CCCNC3(CCCC3)C2)CC1. The average molecular weight is 250 g/mol. The summed E-state index contributed by atoms with van der Waals surface area (Å²) >= 11 is 0. The summed E-state index contributed by atoms with van der Waals surface area (Å²) in [7, 11) is 0. The quantitative estimate of drug-likeness (QED) is 0.718. The van der Waals surface area contributed by atoms with Crippen molar-refractivity contribution in [2.75, 3.05) is 19.6 Å². The zero-order valence-electron chi connectivity index (χ0n) is 11.9. The molecule has 3 aliphatic rings. The molecule has 0 aromatic rings. The lowest BCUT2D eigenvalue weighted by molar-refractivity contribution is 0.143. The Balaban J connectivity index is 1.66. The van der Waals surface area contributed by atoms with Crippen molar-refractivity contribution >= 4 is 0 Å². The zero-order valence-corrected chi connectivity index (χ0v) is 11.9. The van der Waals surface area contributed by atoms with Crippen molar-refractivity contribution in [3.05, 3.63) is 0 Å². The summed E-state index contributed by atoms with van der Waals surface area (Å²) in [5.74, 6) is 0. The lowest BCUT2D eigenvalue weighted by atomic mass is 9.95. The maximum Gasteiger partial charge on any atom is 0.0308 e. The van der Waals surface area contributed by atoms with Crippen molar-refractivity contribution in [1.82, 2.24) is 10.2 Å². The first-order chi connectivity index (χ1) is 8.88. The molecule has 0 amide bonds. The van der Waals surface area contributed by atoms with E-state index in [1.807, 2.05) is 0 Å². The largest absolute Gasteiger partial charge is 0.310 e. The average Bonchev–Trinajstić information content (AvgIpc) is 2.60. The van der Waals surface area contributed by atoms with Gasteiger partial charge in [-0.05, 0) is 45.2 Å². The highest BCUT2D eigenvalue weighted by molar-refractivity contribution is 4.98. The highest BCUT2D eigenvalue weighted by atomic mass is 15.2. The topological polar surface area (TPSA) is 15.3 Å². The van der Waals surface area contributed by atoms with E-state index >= 15 is 0 Å². The highest BCUT2D eigenvalue weighted by Gasteiger charge is 2.37. The van der Waals surface area contributed by atoms with Gasteiger partial charge in [0.1, 0.15) is 0 Å². The van der Waals surface area contributed by atoms with Crippen LogP contribution >= 0.6 is 0 Å². The van der Waals surface area contributed by atoms with Gasteiger partial charge in [-0.15, -0.1) is 0 Å². The summed E-state index contributed by atoms with van der Waals surface area (Å²) in [4.78, 5) is 2.87. The van der Waals surface area contributed by atoms with Gasteiger partial charge in [0.15, 0.2) is 0 Å². The minimum absolute atomic E-state index is 0.503. The molecule has 1 saturated heterocycles. The summed E-state index contributed by atoms with van der Waals surface area (Å²) in [5.41, 5.74) is 0.503. The van der Waals surface area contributed by atoms with E-state index in [1.54, 1.807) is 0 Å². The Morgan fingerprint density at radius 1 is 0.833 bits per heavy atom. The summed E-state index contributed by atoms with van der Waals surface area (Å²) in [6.45, 7) is 3.94. The molecule has 0 aromatic carbocycles. The number of nitrogens with one attached hydrogen (secondary N) is 1. The summed E-state index contributed by atoms with van der Waals surface area (Å²) in [6.07, 6.45) is 16.0. The van der Waals surface area contributed by atoms with Crippen LogP contribution in [-0.2, 0) is 0 Å². The number of nitrogens with zero attached hydrogens (tertiary/aromatic N) is 1. The number of rotatable bonds is 1. The predicted octanol–water partition coefficient (Wildman–Crippen LogP) is 3.32. The van der Waals surface area contributed by atoms with E-state index in [0.29, 0.717) is 5.54 Å². The second kappa shape index (κ2) is 5.92. The van der Waals surface area contributed by atoms with E-state index in [4.69, 9.17) is 0 Å². The molecule has 2 heteroatoms. The van der Waals surface area contributed by atoms with Gasteiger partial charge in [0.25, 0.3) is 0 Å². The van der Waals surface area contributed by atoms with Crippen molar-refractivity contribution in [3.63, 3.8) is 0 Å². The van der Waals surface area contributed by atoms with Crippen LogP contribution in [0.2, 0.25) is 0 Å². The standard InChI is InChI=1S/C16H30N2/c1-2-4-9-15(8-3-1)18-13-7-12-17-16(14-18)10-5-6-11-16/h15,17H,1-14H2. The maximum absolute atomic E-state index is 3.90. The molecule has 2 nitrogen and oxygen atoms in total. The molecule has 2 saturated carbocycles. The van der Waals surface area contributed by atoms with Crippen LogP contribution in [0.15, 0.2) is 0 Å². The number of hydrogen-bond donors (Lipinski definition) is 1. The first kappa shape index (κ1) is 12.9. The summed E-state index contributed by atoms with van der Waals surface area (Å²) in [6, 6.07) is 0.907. The predicted molar refractivity (Wildman–Crippen MR) is 76.9 cm³/mol. The van der Waals surface area contributed by atoms with E-state index in [9.17, 15) is 0 Å². The highest BCUT2D eigenvalue weighted by Crippen LogP contribution is 2.33. The Morgan fingerprint density at radius 3 is 2.28 bits per heavy atom. The molecule has 0 radical (unpaired) electrons. The molecule has 0 bridgehead atoms. The van der Waals surface area contributed by atoms with Gasteiger partial charge in [0, 0.05) is 18.1 Å². The molecule has 2 aliphatic carbocycles. The molecular formula is C16H30N2. The van der Waals surface area contributed by atoms with Crippen LogP contribution in [0.1, 0.15) is 70.6 Å². The second-order valence-electron chi connectivity index (χ2n) is 6.88. The third-order valence-corrected chi connectivity index (χ3v) is 5.53. The van der Waals surface area contributed by atoms with Crippen LogP contribution in [0.25, 0.3) is 0 Å².